The molecule has 0 atom stereocenters. The molecule has 0 aliphatic heterocycles. The van der Waals surface area contributed by atoms with E-state index < -0.39 is 12.6 Å². The van der Waals surface area contributed by atoms with Gasteiger partial charge in [-0.3, -0.25) is 4.99 Å². The zero-order valence-electron chi connectivity index (χ0n) is 13.3. The van der Waals surface area contributed by atoms with E-state index in [9.17, 15) is 17.6 Å². The lowest BCUT2D eigenvalue weighted by Crippen LogP contribution is -2.40. The summed E-state index contributed by atoms with van der Waals surface area (Å²) < 4.78 is 49.8. The van der Waals surface area contributed by atoms with E-state index in [2.05, 4.69) is 15.6 Å². The minimum Gasteiger partial charge on any atom is -0.372 e. The van der Waals surface area contributed by atoms with Gasteiger partial charge in [-0.05, 0) is 18.6 Å². The maximum absolute atomic E-state index is 13.6. The van der Waals surface area contributed by atoms with Crippen LogP contribution < -0.4 is 15.5 Å². The van der Waals surface area contributed by atoms with Crippen molar-refractivity contribution in [2.75, 3.05) is 38.6 Å². The van der Waals surface area contributed by atoms with Crippen LogP contribution in [0.4, 0.5) is 23.2 Å². The molecule has 0 unspecified atom stereocenters. The summed E-state index contributed by atoms with van der Waals surface area (Å²) in [5.41, 5.74) is 0.514. The van der Waals surface area contributed by atoms with E-state index in [1.807, 2.05) is 0 Å². The number of benzene rings is 1. The molecule has 4 nitrogen and oxygen atoms in total. The van der Waals surface area contributed by atoms with Crippen molar-refractivity contribution < 1.29 is 17.6 Å². The van der Waals surface area contributed by atoms with Gasteiger partial charge >= 0.3 is 6.18 Å². The van der Waals surface area contributed by atoms with Crippen LogP contribution in [0, 0.1) is 5.82 Å². The topological polar surface area (TPSA) is 39.7 Å². The van der Waals surface area contributed by atoms with Crippen molar-refractivity contribution in [2.24, 2.45) is 4.99 Å². The summed E-state index contributed by atoms with van der Waals surface area (Å²) in [6, 6.07) is 6.49. The Morgan fingerprint density at radius 2 is 1.83 bits per heavy atom. The fraction of sp³-hybridized carbons (Fsp3) is 0.533. The number of hydrogen-bond donors (Lipinski definition) is 2. The highest BCUT2D eigenvalue weighted by Crippen LogP contribution is 2.18. The van der Waals surface area contributed by atoms with Crippen molar-refractivity contribution in [1.29, 1.82) is 0 Å². The van der Waals surface area contributed by atoms with Crippen molar-refractivity contribution in [1.82, 2.24) is 10.6 Å². The van der Waals surface area contributed by atoms with Crippen LogP contribution in [-0.2, 0) is 0 Å². The minimum absolute atomic E-state index is 0.224. The molecule has 1 aromatic carbocycles. The molecule has 2 N–H and O–H groups in total. The van der Waals surface area contributed by atoms with Crippen LogP contribution in [0.3, 0.4) is 0 Å². The third-order valence-corrected chi connectivity index (χ3v) is 3.15. The molecule has 0 aliphatic rings. The van der Waals surface area contributed by atoms with Gasteiger partial charge in [0.1, 0.15) is 5.82 Å². The van der Waals surface area contributed by atoms with E-state index in [0.29, 0.717) is 31.2 Å². The van der Waals surface area contributed by atoms with Gasteiger partial charge in [0, 0.05) is 33.7 Å². The number of guanidine groups is 1. The summed E-state index contributed by atoms with van der Waals surface area (Å²) in [7, 11) is 3.28. The van der Waals surface area contributed by atoms with Gasteiger partial charge in [0.05, 0.1) is 12.1 Å². The zero-order chi connectivity index (χ0) is 17.3. The second-order valence-corrected chi connectivity index (χ2v) is 5.02. The maximum Gasteiger partial charge on any atom is 0.390 e. The molecule has 23 heavy (non-hydrogen) atoms. The predicted octanol–water partition coefficient (Wildman–Crippen LogP) is 2.77. The molecular formula is C15H22F4N4. The Balaban J connectivity index is 2.26. The van der Waals surface area contributed by atoms with E-state index in [1.54, 1.807) is 30.1 Å². The molecule has 0 aromatic heterocycles. The molecule has 0 fully saturated rings. The molecular weight excluding hydrogens is 312 g/mol. The maximum atomic E-state index is 13.6. The first kappa shape index (κ1) is 19.1. The first-order valence-corrected chi connectivity index (χ1v) is 7.30. The van der Waals surface area contributed by atoms with Gasteiger partial charge in [0.25, 0.3) is 0 Å². The number of nitrogens with one attached hydrogen (secondary N) is 2. The van der Waals surface area contributed by atoms with Crippen LogP contribution in [0.5, 0.6) is 0 Å². The molecule has 0 saturated carbocycles. The Kier molecular flexibility index (Phi) is 7.64. The van der Waals surface area contributed by atoms with Gasteiger partial charge in [-0.1, -0.05) is 12.1 Å². The van der Waals surface area contributed by atoms with Gasteiger partial charge in [-0.2, -0.15) is 13.2 Å². The Bertz CT molecular complexity index is 502. The number of alkyl halides is 3. The first-order valence-electron chi connectivity index (χ1n) is 7.30. The fourth-order valence-corrected chi connectivity index (χ4v) is 1.95. The molecule has 1 rings (SSSR count). The quantitative estimate of drug-likeness (QED) is 0.349. The fourth-order valence-electron chi connectivity index (χ4n) is 1.95. The normalized spacial score (nSPS) is 12.2. The van der Waals surface area contributed by atoms with E-state index >= 15 is 0 Å². The van der Waals surface area contributed by atoms with Crippen LogP contribution in [0.25, 0.3) is 0 Å². The van der Waals surface area contributed by atoms with Gasteiger partial charge in [0.15, 0.2) is 5.96 Å². The molecule has 130 valence electrons. The number of rotatable bonds is 7. The predicted molar refractivity (Wildman–Crippen MR) is 84.3 cm³/mol. The highest BCUT2D eigenvalue weighted by atomic mass is 19.4. The molecule has 0 amide bonds. The number of hydrogen-bond acceptors (Lipinski definition) is 2. The Labute approximate surface area is 133 Å². The molecule has 0 saturated heterocycles. The van der Waals surface area contributed by atoms with Gasteiger partial charge < -0.3 is 15.5 Å². The van der Waals surface area contributed by atoms with Gasteiger partial charge in [-0.25, -0.2) is 4.39 Å². The van der Waals surface area contributed by atoms with Crippen molar-refractivity contribution in [3.05, 3.63) is 30.1 Å². The average Bonchev–Trinajstić information content (AvgIpc) is 2.48. The smallest absolute Gasteiger partial charge is 0.372 e. The van der Waals surface area contributed by atoms with Crippen molar-refractivity contribution >= 4 is 11.6 Å². The lowest BCUT2D eigenvalue weighted by molar-refractivity contribution is -0.132. The molecule has 0 bridgehead atoms. The number of halogens is 4. The van der Waals surface area contributed by atoms with Crippen LogP contribution in [-0.4, -0.2) is 45.9 Å². The van der Waals surface area contributed by atoms with Gasteiger partial charge in [-0.15, -0.1) is 0 Å². The lowest BCUT2D eigenvalue weighted by atomic mass is 10.2. The number of nitrogens with zero attached hydrogens (tertiary/aromatic N) is 2. The standard InChI is InChI=1S/C15H22F4N4/c1-20-14(22-10-8-15(17,18)19)21-9-5-11-23(2)13-7-4-3-6-12(13)16/h3-4,6-7H,5,8-11H2,1-2H3,(H2,20,21,22). The molecule has 8 heteroatoms. The third kappa shape index (κ3) is 7.71. The molecule has 0 aliphatic carbocycles. The second-order valence-electron chi connectivity index (χ2n) is 5.02. The number of para-hydroxylation sites is 1. The zero-order valence-corrected chi connectivity index (χ0v) is 13.3. The Morgan fingerprint density at radius 3 is 2.43 bits per heavy atom. The summed E-state index contributed by atoms with van der Waals surface area (Å²) in [6.45, 7) is 0.899. The van der Waals surface area contributed by atoms with Crippen LogP contribution in [0.1, 0.15) is 12.8 Å². The van der Waals surface area contributed by atoms with Crippen molar-refractivity contribution in [3.63, 3.8) is 0 Å². The summed E-state index contributed by atoms with van der Waals surface area (Å²) in [4.78, 5) is 5.64. The molecule has 0 heterocycles. The summed E-state index contributed by atoms with van der Waals surface area (Å²) in [5, 5.41) is 5.53. The summed E-state index contributed by atoms with van der Waals surface area (Å²) >= 11 is 0. The first-order chi connectivity index (χ1) is 10.8. The number of anilines is 1. The Morgan fingerprint density at radius 1 is 1.17 bits per heavy atom. The van der Waals surface area contributed by atoms with Gasteiger partial charge in [0.2, 0.25) is 0 Å². The van der Waals surface area contributed by atoms with Crippen molar-refractivity contribution in [2.45, 2.75) is 19.0 Å². The summed E-state index contributed by atoms with van der Waals surface area (Å²) in [5.74, 6) is 0.0374. The highest BCUT2D eigenvalue weighted by molar-refractivity contribution is 5.79. The van der Waals surface area contributed by atoms with Crippen LogP contribution in [0.15, 0.2) is 29.3 Å². The number of aliphatic imine (C=N–C) groups is 1. The SMILES string of the molecule is CN=C(NCCCN(C)c1ccccc1F)NCCC(F)(F)F. The second kappa shape index (κ2) is 9.22. The van der Waals surface area contributed by atoms with E-state index in [4.69, 9.17) is 0 Å². The lowest BCUT2D eigenvalue weighted by Gasteiger charge is -2.20. The monoisotopic (exact) mass is 334 g/mol. The molecule has 0 spiro atoms. The van der Waals surface area contributed by atoms with E-state index in [1.165, 1.54) is 13.1 Å². The molecule has 0 radical (unpaired) electrons. The third-order valence-electron chi connectivity index (χ3n) is 3.15. The van der Waals surface area contributed by atoms with Crippen LogP contribution in [0.2, 0.25) is 0 Å². The Hall–Kier alpha value is -1.99. The van der Waals surface area contributed by atoms with Crippen molar-refractivity contribution in [3.8, 4) is 0 Å². The van der Waals surface area contributed by atoms with E-state index in [-0.39, 0.29) is 12.4 Å². The average molecular weight is 334 g/mol. The highest BCUT2D eigenvalue weighted by Gasteiger charge is 2.26. The molecule has 1 aromatic rings. The van der Waals surface area contributed by atoms with E-state index in [0.717, 1.165) is 0 Å². The largest absolute Gasteiger partial charge is 0.390 e. The van der Waals surface area contributed by atoms with Crippen LogP contribution >= 0.6 is 0 Å². The minimum atomic E-state index is -4.19. The summed E-state index contributed by atoms with van der Waals surface area (Å²) in [6.07, 6.45) is -4.41.